The average Bonchev–Trinajstić information content (AvgIpc) is 2.49. The Kier molecular flexibility index (Phi) is 6.33. The van der Waals surface area contributed by atoms with Crippen molar-refractivity contribution in [3.63, 3.8) is 0 Å². The molecule has 0 atom stereocenters. The summed E-state index contributed by atoms with van der Waals surface area (Å²) in [6.07, 6.45) is 0. The number of benzene rings is 2. The van der Waals surface area contributed by atoms with E-state index in [0.29, 0.717) is 28.9 Å². The first kappa shape index (κ1) is 16.1. The first-order chi connectivity index (χ1) is 10.2. The van der Waals surface area contributed by atoms with Crippen LogP contribution in [0.1, 0.15) is 5.56 Å². The van der Waals surface area contributed by atoms with Crippen LogP contribution >= 0.6 is 23.2 Å². The molecule has 2 aromatic carbocycles. The summed E-state index contributed by atoms with van der Waals surface area (Å²) >= 11 is 11.9. The third-order valence-corrected chi connectivity index (χ3v) is 3.63. The van der Waals surface area contributed by atoms with Crippen LogP contribution in [-0.4, -0.2) is 20.3 Å². The minimum atomic E-state index is 0.477. The number of halogens is 2. The maximum atomic E-state index is 6.00. The molecule has 0 radical (unpaired) electrons. The predicted octanol–water partition coefficient (Wildman–Crippen LogP) is 4.52. The fourth-order valence-electron chi connectivity index (χ4n) is 1.81. The molecule has 0 bridgehead atoms. The zero-order valence-corrected chi connectivity index (χ0v) is 13.2. The molecule has 0 fully saturated rings. The van der Waals surface area contributed by atoms with Gasteiger partial charge in [0.05, 0.1) is 16.7 Å². The number of ether oxygens (including phenoxy) is 2. The van der Waals surface area contributed by atoms with Gasteiger partial charge in [-0.2, -0.15) is 0 Å². The van der Waals surface area contributed by atoms with E-state index in [2.05, 4.69) is 5.32 Å². The zero-order chi connectivity index (χ0) is 15.1. The minimum absolute atomic E-state index is 0.477. The lowest BCUT2D eigenvalue weighted by molar-refractivity contribution is 0.199. The van der Waals surface area contributed by atoms with Gasteiger partial charge in [0.2, 0.25) is 0 Å². The Labute approximate surface area is 134 Å². The second-order valence-corrected chi connectivity index (χ2v) is 5.27. The number of rotatable bonds is 7. The number of hydrogen-bond donors (Lipinski definition) is 1. The number of hydrogen-bond acceptors (Lipinski definition) is 3. The second kappa shape index (κ2) is 8.25. The molecule has 0 saturated carbocycles. The third kappa shape index (κ3) is 4.90. The second-order valence-electron chi connectivity index (χ2n) is 4.46. The Morgan fingerprint density at radius 2 is 1.86 bits per heavy atom. The van der Waals surface area contributed by atoms with Crippen molar-refractivity contribution >= 4 is 23.2 Å². The van der Waals surface area contributed by atoms with E-state index in [0.717, 1.165) is 17.9 Å². The number of nitrogens with one attached hydrogen (secondary N) is 1. The first-order valence-corrected chi connectivity index (χ1v) is 7.37. The summed E-state index contributed by atoms with van der Waals surface area (Å²) in [5.74, 6) is 1.45. The van der Waals surface area contributed by atoms with Crippen molar-refractivity contribution in [2.24, 2.45) is 0 Å². The predicted molar refractivity (Wildman–Crippen MR) is 86.6 cm³/mol. The van der Waals surface area contributed by atoms with Gasteiger partial charge in [-0.25, -0.2) is 0 Å². The Bertz CT molecular complexity index is 590. The third-order valence-electron chi connectivity index (χ3n) is 2.89. The van der Waals surface area contributed by atoms with E-state index < -0.39 is 0 Å². The molecule has 0 aliphatic heterocycles. The van der Waals surface area contributed by atoms with Crippen LogP contribution in [0.15, 0.2) is 42.5 Å². The van der Waals surface area contributed by atoms with Gasteiger partial charge in [-0.3, -0.25) is 0 Å². The highest BCUT2D eigenvalue weighted by Crippen LogP contribution is 2.30. The van der Waals surface area contributed by atoms with Gasteiger partial charge < -0.3 is 14.8 Å². The van der Waals surface area contributed by atoms with Crippen molar-refractivity contribution in [2.45, 2.75) is 6.54 Å². The molecule has 0 saturated heterocycles. The standard InChI is InChI=1S/C16H17Cl2NO2/c1-20-9-8-19-11-12-4-2-3-5-16(12)21-13-6-7-14(17)15(18)10-13/h2-7,10,19H,8-9,11H2,1H3. The molecule has 0 aliphatic rings. The van der Waals surface area contributed by atoms with Crippen LogP contribution in [0, 0.1) is 0 Å². The Hall–Kier alpha value is -1.26. The summed E-state index contributed by atoms with van der Waals surface area (Å²) in [5.41, 5.74) is 1.07. The molecule has 2 aromatic rings. The molecule has 1 N–H and O–H groups in total. The lowest BCUT2D eigenvalue weighted by atomic mass is 10.2. The summed E-state index contributed by atoms with van der Waals surface area (Å²) < 4.78 is 10.9. The van der Waals surface area contributed by atoms with Crippen LogP contribution in [0.5, 0.6) is 11.5 Å². The molecule has 0 aromatic heterocycles. The van der Waals surface area contributed by atoms with Gasteiger partial charge in [0, 0.05) is 31.8 Å². The van der Waals surface area contributed by atoms with E-state index in [1.54, 1.807) is 25.3 Å². The monoisotopic (exact) mass is 325 g/mol. The van der Waals surface area contributed by atoms with Crippen molar-refractivity contribution in [1.82, 2.24) is 5.32 Å². The first-order valence-electron chi connectivity index (χ1n) is 6.61. The van der Waals surface area contributed by atoms with Crippen LogP contribution < -0.4 is 10.1 Å². The van der Waals surface area contributed by atoms with Crippen LogP contribution in [0.3, 0.4) is 0 Å². The molecule has 0 unspecified atom stereocenters. The largest absolute Gasteiger partial charge is 0.457 e. The topological polar surface area (TPSA) is 30.5 Å². The lowest BCUT2D eigenvalue weighted by Crippen LogP contribution is -2.18. The summed E-state index contributed by atoms with van der Waals surface area (Å²) in [7, 11) is 1.68. The van der Waals surface area contributed by atoms with Crippen molar-refractivity contribution in [3.05, 3.63) is 58.1 Å². The Morgan fingerprint density at radius 3 is 2.62 bits per heavy atom. The SMILES string of the molecule is COCCNCc1ccccc1Oc1ccc(Cl)c(Cl)c1. The molecular formula is C16H17Cl2NO2. The van der Waals surface area contributed by atoms with E-state index >= 15 is 0 Å². The molecule has 21 heavy (non-hydrogen) atoms. The maximum Gasteiger partial charge on any atom is 0.131 e. The molecule has 0 spiro atoms. The molecule has 0 aliphatic carbocycles. The van der Waals surface area contributed by atoms with Crippen LogP contribution in [-0.2, 0) is 11.3 Å². The quantitative estimate of drug-likeness (QED) is 0.759. The highest BCUT2D eigenvalue weighted by Gasteiger charge is 2.06. The Morgan fingerprint density at radius 1 is 1.05 bits per heavy atom. The molecule has 0 amide bonds. The van der Waals surface area contributed by atoms with Gasteiger partial charge in [-0.1, -0.05) is 41.4 Å². The van der Waals surface area contributed by atoms with Crippen molar-refractivity contribution in [1.29, 1.82) is 0 Å². The highest BCUT2D eigenvalue weighted by molar-refractivity contribution is 6.42. The van der Waals surface area contributed by atoms with Gasteiger partial charge >= 0.3 is 0 Å². The summed E-state index contributed by atoms with van der Waals surface area (Å²) in [6.45, 7) is 2.17. The van der Waals surface area contributed by atoms with Gasteiger partial charge in [-0.15, -0.1) is 0 Å². The van der Waals surface area contributed by atoms with Crippen molar-refractivity contribution < 1.29 is 9.47 Å². The molecule has 112 valence electrons. The van der Waals surface area contributed by atoms with Crippen LogP contribution in [0.4, 0.5) is 0 Å². The Balaban J connectivity index is 2.06. The number of methoxy groups -OCH3 is 1. The van der Waals surface area contributed by atoms with E-state index in [1.165, 1.54) is 0 Å². The summed E-state index contributed by atoms with van der Waals surface area (Å²) in [4.78, 5) is 0. The van der Waals surface area contributed by atoms with E-state index in [-0.39, 0.29) is 0 Å². The smallest absolute Gasteiger partial charge is 0.131 e. The van der Waals surface area contributed by atoms with Crippen molar-refractivity contribution in [2.75, 3.05) is 20.3 Å². The zero-order valence-electron chi connectivity index (χ0n) is 11.7. The molecule has 3 nitrogen and oxygen atoms in total. The lowest BCUT2D eigenvalue weighted by Gasteiger charge is -2.12. The maximum absolute atomic E-state index is 6.00. The van der Waals surface area contributed by atoms with E-state index in [9.17, 15) is 0 Å². The van der Waals surface area contributed by atoms with Crippen LogP contribution in [0.2, 0.25) is 10.0 Å². The molecule has 0 heterocycles. The average molecular weight is 326 g/mol. The normalized spacial score (nSPS) is 10.6. The molecule has 2 rings (SSSR count). The summed E-state index contributed by atoms with van der Waals surface area (Å²) in [5, 5.41) is 4.29. The minimum Gasteiger partial charge on any atom is -0.457 e. The van der Waals surface area contributed by atoms with Gasteiger partial charge in [0.25, 0.3) is 0 Å². The van der Waals surface area contributed by atoms with E-state index in [4.69, 9.17) is 32.7 Å². The van der Waals surface area contributed by atoms with Gasteiger partial charge in [0.1, 0.15) is 11.5 Å². The fourth-order valence-corrected chi connectivity index (χ4v) is 2.10. The summed E-state index contributed by atoms with van der Waals surface area (Å²) in [6, 6.07) is 13.1. The fraction of sp³-hybridized carbons (Fsp3) is 0.250. The molecule has 5 heteroatoms. The van der Waals surface area contributed by atoms with E-state index in [1.807, 2.05) is 24.3 Å². The molecular weight excluding hydrogens is 309 g/mol. The number of para-hydroxylation sites is 1. The highest BCUT2D eigenvalue weighted by atomic mass is 35.5. The van der Waals surface area contributed by atoms with Gasteiger partial charge in [-0.05, 0) is 18.2 Å². The van der Waals surface area contributed by atoms with Gasteiger partial charge in [0.15, 0.2) is 0 Å². The van der Waals surface area contributed by atoms with Crippen LogP contribution in [0.25, 0.3) is 0 Å². The van der Waals surface area contributed by atoms with Crippen molar-refractivity contribution in [3.8, 4) is 11.5 Å².